The molecule has 0 unspecified atom stereocenters. The number of benzene rings is 2. The number of fused-ring (bicyclic) bond motifs is 9. The van der Waals surface area contributed by atoms with E-state index >= 15 is 0 Å². The zero-order chi connectivity index (χ0) is 24.0. The van der Waals surface area contributed by atoms with E-state index in [0.717, 1.165) is 31.9 Å². The lowest BCUT2D eigenvalue weighted by molar-refractivity contribution is -0.154. The summed E-state index contributed by atoms with van der Waals surface area (Å²) in [5, 5.41) is 11.9. The fourth-order valence-electron chi connectivity index (χ4n) is 6.94. The molecule has 2 aromatic carbocycles. The third-order valence-corrected chi connectivity index (χ3v) is 11.5. The Bertz CT molecular complexity index is 1450. The number of hydrogen-bond acceptors (Lipinski definition) is 7. The average Bonchev–Trinajstić information content (AvgIpc) is 3.56. The van der Waals surface area contributed by atoms with E-state index in [4.69, 9.17) is 4.74 Å². The summed E-state index contributed by atoms with van der Waals surface area (Å²) in [6, 6.07) is 15.3. The molecule has 2 aliphatic carbocycles. The number of carbonyl (C=O) groups excluding carboxylic acids is 2. The number of aromatic hydroxyl groups is 1. The fraction of sp³-hybridized carbons (Fsp3) is 0.346. The molecule has 3 aromatic rings. The van der Waals surface area contributed by atoms with Gasteiger partial charge in [0.2, 0.25) is 0 Å². The largest absolute Gasteiger partial charge is 0.508 e. The van der Waals surface area contributed by atoms with E-state index in [1.54, 1.807) is 23.9 Å². The predicted molar refractivity (Wildman–Crippen MR) is 135 cm³/mol. The summed E-state index contributed by atoms with van der Waals surface area (Å²) in [6.07, 6.45) is 0.793. The first kappa shape index (κ1) is 21.9. The van der Waals surface area contributed by atoms with E-state index in [2.05, 4.69) is 15.9 Å². The van der Waals surface area contributed by atoms with E-state index in [9.17, 15) is 19.5 Å². The van der Waals surface area contributed by atoms with Crippen LogP contribution in [0.3, 0.4) is 0 Å². The Kier molecular flexibility index (Phi) is 4.89. The van der Waals surface area contributed by atoms with Crippen molar-refractivity contribution in [1.82, 2.24) is 4.57 Å². The second-order valence-corrected chi connectivity index (χ2v) is 12.9. The standard InChI is InChI=1S/C26H20BrNO5S2/c27-12-6-7-16(29)13(8-12)17-18-14-9-15(20-19(14)24(30)33-25(20)31)21(18)34-23-22(17)35-26(32)28(23)10-11-4-2-1-3-5-11/h1-8,14-15,17-21,29H,9-10H2/t14-,15+,17+,18+,19+,20-,21-/m0/s1. The molecule has 1 N–H and O–H groups in total. The van der Waals surface area contributed by atoms with Gasteiger partial charge in [-0.3, -0.25) is 19.0 Å². The Labute approximate surface area is 217 Å². The summed E-state index contributed by atoms with van der Waals surface area (Å²) >= 11 is 6.46. The smallest absolute Gasteiger partial charge is 0.317 e. The number of thiazole rings is 1. The lowest BCUT2D eigenvalue weighted by Crippen LogP contribution is -2.43. The molecule has 2 bridgehead atoms. The third kappa shape index (κ3) is 3.10. The molecule has 35 heavy (non-hydrogen) atoms. The second kappa shape index (κ2) is 7.82. The zero-order valence-corrected chi connectivity index (χ0v) is 21.5. The lowest BCUT2D eigenvalue weighted by atomic mass is 9.68. The number of halogens is 1. The molecular formula is C26H20BrNO5S2. The van der Waals surface area contributed by atoms with Crippen LogP contribution < -0.4 is 4.87 Å². The first-order chi connectivity index (χ1) is 16.9. The van der Waals surface area contributed by atoms with Crippen LogP contribution in [0, 0.1) is 29.6 Å². The predicted octanol–water partition coefficient (Wildman–Crippen LogP) is 4.61. The lowest BCUT2D eigenvalue weighted by Gasteiger charge is -2.43. The van der Waals surface area contributed by atoms with Crippen LogP contribution in [0.5, 0.6) is 5.75 Å². The van der Waals surface area contributed by atoms with Crippen molar-refractivity contribution in [3.05, 3.63) is 78.7 Å². The van der Waals surface area contributed by atoms with Gasteiger partial charge in [0, 0.05) is 26.1 Å². The van der Waals surface area contributed by atoms with E-state index in [0.29, 0.717) is 6.54 Å². The van der Waals surface area contributed by atoms with Gasteiger partial charge in [-0.1, -0.05) is 57.6 Å². The average molecular weight is 570 g/mol. The van der Waals surface area contributed by atoms with Crippen molar-refractivity contribution in [2.45, 2.75) is 29.2 Å². The molecule has 1 aromatic heterocycles. The van der Waals surface area contributed by atoms with Crippen LogP contribution >= 0.6 is 39.0 Å². The number of cyclic esters (lactones) is 2. The molecule has 9 heteroatoms. The van der Waals surface area contributed by atoms with E-state index in [1.807, 2.05) is 41.0 Å². The van der Waals surface area contributed by atoms with Crippen molar-refractivity contribution >= 4 is 51.0 Å². The van der Waals surface area contributed by atoms with E-state index < -0.39 is 23.8 Å². The maximum atomic E-state index is 13.3. The minimum atomic E-state index is -0.421. The molecule has 3 heterocycles. The Morgan fingerprint density at radius 1 is 1.03 bits per heavy atom. The molecule has 6 nitrogen and oxygen atoms in total. The molecule has 0 spiro atoms. The third-order valence-electron chi connectivity index (χ3n) is 8.19. The Morgan fingerprint density at radius 2 is 1.77 bits per heavy atom. The van der Waals surface area contributed by atoms with Crippen molar-refractivity contribution in [2.75, 3.05) is 0 Å². The molecule has 7 rings (SSSR count). The summed E-state index contributed by atoms with van der Waals surface area (Å²) in [6.45, 7) is 0.466. The number of rotatable bonds is 3. The van der Waals surface area contributed by atoms with Crippen molar-refractivity contribution in [3.63, 3.8) is 0 Å². The van der Waals surface area contributed by atoms with Crippen LogP contribution in [0.25, 0.3) is 0 Å². The molecule has 0 radical (unpaired) electrons. The number of thioether (sulfide) groups is 1. The summed E-state index contributed by atoms with van der Waals surface area (Å²) in [5.41, 5.74) is 1.79. The summed E-state index contributed by atoms with van der Waals surface area (Å²) in [5.74, 6) is -1.65. The minimum absolute atomic E-state index is 0.0160. The second-order valence-electron chi connectivity index (χ2n) is 9.80. The van der Waals surface area contributed by atoms with Gasteiger partial charge < -0.3 is 9.84 Å². The highest BCUT2D eigenvalue weighted by Gasteiger charge is 2.69. The number of nitrogens with zero attached hydrogens (tertiary/aromatic N) is 1. The highest BCUT2D eigenvalue weighted by molar-refractivity contribution is 9.10. The summed E-state index contributed by atoms with van der Waals surface area (Å²) in [4.78, 5) is 39.4. The summed E-state index contributed by atoms with van der Waals surface area (Å²) < 4.78 is 7.76. The monoisotopic (exact) mass is 569 g/mol. The van der Waals surface area contributed by atoms with Crippen LogP contribution in [0.4, 0.5) is 0 Å². The van der Waals surface area contributed by atoms with E-state index in [1.165, 1.54) is 11.3 Å². The first-order valence-corrected chi connectivity index (χ1v) is 14.1. The van der Waals surface area contributed by atoms with Gasteiger partial charge in [-0.2, -0.15) is 0 Å². The quantitative estimate of drug-likeness (QED) is 0.366. The molecule has 4 aliphatic rings. The van der Waals surface area contributed by atoms with Gasteiger partial charge in [0.15, 0.2) is 0 Å². The Morgan fingerprint density at radius 3 is 2.54 bits per heavy atom. The SMILES string of the molecule is O=C1OC(=O)[C@H]2[C@H]3C[C@H]([C@@H]12)[C@@H]1[C@@H](c2cc(Br)ccc2O)c2sc(=O)n(Cc4ccccc4)c2S[C@@H]31. The molecule has 1 saturated heterocycles. The molecular weight excluding hydrogens is 550 g/mol. The maximum Gasteiger partial charge on any atom is 0.317 e. The minimum Gasteiger partial charge on any atom is -0.508 e. The van der Waals surface area contributed by atoms with Crippen molar-refractivity contribution < 1.29 is 19.4 Å². The molecule has 178 valence electrons. The van der Waals surface area contributed by atoms with Gasteiger partial charge in [0.25, 0.3) is 0 Å². The highest BCUT2D eigenvalue weighted by atomic mass is 79.9. The van der Waals surface area contributed by atoms with Crippen molar-refractivity contribution in [2.24, 2.45) is 29.6 Å². The number of phenols is 1. The van der Waals surface area contributed by atoms with Gasteiger partial charge in [-0.15, -0.1) is 11.8 Å². The van der Waals surface area contributed by atoms with E-state index in [-0.39, 0.29) is 39.5 Å². The van der Waals surface area contributed by atoms with Crippen LogP contribution in [0.1, 0.15) is 28.3 Å². The normalized spacial score (nSPS) is 32.3. The summed E-state index contributed by atoms with van der Waals surface area (Å²) in [7, 11) is 0. The number of esters is 2. The topological polar surface area (TPSA) is 85.6 Å². The van der Waals surface area contributed by atoms with Gasteiger partial charge in [-0.05, 0) is 47.9 Å². The van der Waals surface area contributed by atoms with Gasteiger partial charge >= 0.3 is 16.8 Å². The molecule has 2 aliphatic heterocycles. The zero-order valence-electron chi connectivity index (χ0n) is 18.3. The molecule has 7 atom stereocenters. The Hall–Kier alpha value is -2.36. The number of phenolic OH excluding ortho intramolecular Hbond substituents is 1. The van der Waals surface area contributed by atoms with Gasteiger partial charge in [0.05, 0.1) is 23.4 Å². The first-order valence-electron chi connectivity index (χ1n) is 11.6. The van der Waals surface area contributed by atoms with Gasteiger partial charge in [0.1, 0.15) is 5.75 Å². The number of carbonyl (C=O) groups is 2. The van der Waals surface area contributed by atoms with Crippen LogP contribution in [0.2, 0.25) is 0 Å². The van der Waals surface area contributed by atoms with Crippen LogP contribution in [-0.4, -0.2) is 26.9 Å². The van der Waals surface area contributed by atoms with Crippen molar-refractivity contribution in [1.29, 1.82) is 0 Å². The number of ether oxygens (including phenoxy) is 1. The maximum absolute atomic E-state index is 13.3. The fourth-order valence-corrected chi connectivity index (χ4v) is 10.5. The number of hydrogen-bond donors (Lipinski definition) is 1. The van der Waals surface area contributed by atoms with Crippen molar-refractivity contribution in [3.8, 4) is 5.75 Å². The Balaban J connectivity index is 1.41. The molecule has 2 saturated carbocycles. The van der Waals surface area contributed by atoms with Crippen LogP contribution in [-0.2, 0) is 20.9 Å². The van der Waals surface area contributed by atoms with Gasteiger partial charge in [-0.25, -0.2) is 0 Å². The number of aromatic nitrogens is 1. The highest BCUT2D eigenvalue weighted by Crippen LogP contribution is 2.69. The molecule has 3 fully saturated rings. The molecule has 0 amide bonds. The van der Waals surface area contributed by atoms with Crippen LogP contribution in [0.15, 0.2) is 62.8 Å².